The SMILES string of the molecule is Cc1cccnc1-c1noc(C(C)C(C)C(=O)O)n1. The summed E-state index contributed by atoms with van der Waals surface area (Å²) in [5.41, 5.74) is 1.58. The summed E-state index contributed by atoms with van der Waals surface area (Å²) in [5.74, 6) is -1.12. The van der Waals surface area contributed by atoms with Gasteiger partial charge in [-0.2, -0.15) is 4.98 Å². The van der Waals surface area contributed by atoms with E-state index in [4.69, 9.17) is 9.63 Å². The second-order valence-electron chi connectivity index (χ2n) is 4.54. The molecule has 0 aliphatic heterocycles. The van der Waals surface area contributed by atoms with Crippen LogP contribution in [0.2, 0.25) is 0 Å². The first-order valence-electron chi connectivity index (χ1n) is 5.99. The molecule has 0 aromatic carbocycles. The third-order valence-electron chi connectivity index (χ3n) is 3.19. The molecule has 0 aliphatic carbocycles. The maximum atomic E-state index is 10.9. The van der Waals surface area contributed by atoms with Crippen LogP contribution in [0.15, 0.2) is 22.9 Å². The van der Waals surface area contributed by atoms with Gasteiger partial charge in [-0.25, -0.2) is 0 Å². The van der Waals surface area contributed by atoms with E-state index in [0.29, 0.717) is 17.4 Å². The molecule has 100 valence electrons. The van der Waals surface area contributed by atoms with E-state index in [-0.39, 0.29) is 5.92 Å². The minimum absolute atomic E-state index is 0.315. The van der Waals surface area contributed by atoms with Crippen molar-refractivity contribution in [2.24, 2.45) is 5.92 Å². The van der Waals surface area contributed by atoms with Crippen LogP contribution in [0, 0.1) is 12.8 Å². The zero-order valence-electron chi connectivity index (χ0n) is 11.0. The summed E-state index contributed by atoms with van der Waals surface area (Å²) < 4.78 is 5.14. The molecule has 0 fully saturated rings. The molecular formula is C13H15N3O3. The number of pyridine rings is 1. The lowest BCUT2D eigenvalue weighted by molar-refractivity contribution is -0.141. The quantitative estimate of drug-likeness (QED) is 0.908. The molecule has 2 rings (SSSR count). The van der Waals surface area contributed by atoms with Crippen molar-refractivity contribution < 1.29 is 14.4 Å². The molecule has 0 radical (unpaired) electrons. The van der Waals surface area contributed by atoms with Gasteiger partial charge in [0.15, 0.2) is 0 Å². The van der Waals surface area contributed by atoms with Gasteiger partial charge in [0, 0.05) is 12.1 Å². The highest BCUT2D eigenvalue weighted by atomic mass is 16.5. The van der Waals surface area contributed by atoms with E-state index >= 15 is 0 Å². The average molecular weight is 261 g/mol. The Morgan fingerprint density at radius 3 is 2.79 bits per heavy atom. The lowest BCUT2D eigenvalue weighted by Crippen LogP contribution is -2.16. The third-order valence-corrected chi connectivity index (χ3v) is 3.19. The molecule has 0 saturated heterocycles. The Balaban J connectivity index is 2.29. The molecule has 2 heterocycles. The number of aryl methyl sites for hydroxylation is 1. The first kappa shape index (κ1) is 13.2. The van der Waals surface area contributed by atoms with E-state index in [9.17, 15) is 4.79 Å². The van der Waals surface area contributed by atoms with Crippen LogP contribution in [-0.2, 0) is 4.79 Å². The molecule has 0 aliphatic rings. The van der Waals surface area contributed by atoms with Crippen molar-refractivity contribution >= 4 is 5.97 Å². The minimum atomic E-state index is -0.888. The van der Waals surface area contributed by atoms with Crippen LogP contribution < -0.4 is 0 Å². The molecule has 2 aromatic rings. The van der Waals surface area contributed by atoms with Crippen molar-refractivity contribution in [3.05, 3.63) is 29.8 Å². The number of aliphatic carboxylic acids is 1. The van der Waals surface area contributed by atoms with Crippen molar-refractivity contribution in [1.82, 2.24) is 15.1 Å². The van der Waals surface area contributed by atoms with E-state index in [2.05, 4.69) is 15.1 Å². The largest absolute Gasteiger partial charge is 0.481 e. The molecule has 0 amide bonds. The number of carbonyl (C=O) groups is 1. The predicted octanol–water partition coefficient (Wildman–Crippen LogP) is 2.26. The first-order valence-corrected chi connectivity index (χ1v) is 5.99. The summed E-state index contributed by atoms with van der Waals surface area (Å²) in [6.07, 6.45) is 1.65. The van der Waals surface area contributed by atoms with Crippen molar-refractivity contribution in [2.75, 3.05) is 0 Å². The van der Waals surface area contributed by atoms with Crippen LogP contribution >= 0.6 is 0 Å². The van der Waals surface area contributed by atoms with Crippen LogP contribution in [0.1, 0.15) is 31.2 Å². The molecule has 19 heavy (non-hydrogen) atoms. The molecule has 0 saturated carbocycles. The maximum Gasteiger partial charge on any atom is 0.307 e. The second kappa shape index (κ2) is 5.17. The van der Waals surface area contributed by atoms with Gasteiger partial charge in [0.25, 0.3) is 0 Å². The first-order chi connectivity index (χ1) is 9.00. The summed E-state index contributed by atoms with van der Waals surface area (Å²) in [6, 6.07) is 3.73. The number of rotatable bonds is 4. The molecule has 1 N–H and O–H groups in total. The van der Waals surface area contributed by atoms with Gasteiger partial charge in [0.05, 0.1) is 5.92 Å². The van der Waals surface area contributed by atoms with Crippen molar-refractivity contribution in [2.45, 2.75) is 26.7 Å². The van der Waals surface area contributed by atoms with Gasteiger partial charge in [0.1, 0.15) is 5.69 Å². The summed E-state index contributed by atoms with van der Waals surface area (Å²) in [5, 5.41) is 12.8. The van der Waals surface area contributed by atoms with E-state index in [1.807, 2.05) is 19.1 Å². The van der Waals surface area contributed by atoms with Crippen LogP contribution in [0.3, 0.4) is 0 Å². The van der Waals surface area contributed by atoms with E-state index in [1.165, 1.54) is 0 Å². The molecule has 0 bridgehead atoms. The Morgan fingerprint density at radius 1 is 1.42 bits per heavy atom. The Bertz CT molecular complexity index is 594. The Hall–Kier alpha value is -2.24. The Morgan fingerprint density at radius 2 is 2.16 bits per heavy atom. The normalized spacial score (nSPS) is 14.1. The summed E-state index contributed by atoms with van der Waals surface area (Å²) in [4.78, 5) is 19.4. The van der Waals surface area contributed by atoms with Gasteiger partial charge in [-0.3, -0.25) is 9.78 Å². The Kier molecular flexibility index (Phi) is 3.59. The minimum Gasteiger partial charge on any atom is -0.481 e. The second-order valence-corrected chi connectivity index (χ2v) is 4.54. The fourth-order valence-corrected chi connectivity index (χ4v) is 1.66. The highest BCUT2D eigenvalue weighted by molar-refractivity contribution is 5.70. The van der Waals surface area contributed by atoms with Gasteiger partial charge >= 0.3 is 5.97 Å². The topological polar surface area (TPSA) is 89.1 Å². The molecule has 2 unspecified atom stereocenters. The predicted molar refractivity (Wildman–Crippen MR) is 67.5 cm³/mol. The van der Waals surface area contributed by atoms with E-state index in [1.54, 1.807) is 20.0 Å². The van der Waals surface area contributed by atoms with Crippen LogP contribution in [0.25, 0.3) is 11.5 Å². The standard InChI is InChI=1S/C13H15N3O3/c1-7-5-4-6-14-10(7)11-15-12(19-16-11)8(2)9(3)13(17)18/h4-6,8-9H,1-3H3,(H,17,18). The smallest absolute Gasteiger partial charge is 0.307 e. The van der Waals surface area contributed by atoms with Crippen LogP contribution in [0.5, 0.6) is 0 Å². The molecule has 0 spiro atoms. The maximum absolute atomic E-state index is 10.9. The van der Waals surface area contributed by atoms with Gasteiger partial charge in [-0.1, -0.05) is 25.1 Å². The highest BCUT2D eigenvalue weighted by Crippen LogP contribution is 2.25. The number of hydrogen-bond acceptors (Lipinski definition) is 5. The summed E-state index contributed by atoms with van der Waals surface area (Å²) in [7, 11) is 0. The zero-order valence-corrected chi connectivity index (χ0v) is 11.0. The lowest BCUT2D eigenvalue weighted by Gasteiger charge is -2.10. The van der Waals surface area contributed by atoms with E-state index < -0.39 is 11.9 Å². The fourth-order valence-electron chi connectivity index (χ4n) is 1.66. The van der Waals surface area contributed by atoms with Gasteiger partial charge < -0.3 is 9.63 Å². The molecular weight excluding hydrogens is 246 g/mol. The number of nitrogens with zero attached hydrogens (tertiary/aromatic N) is 3. The summed E-state index contributed by atoms with van der Waals surface area (Å²) in [6.45, 7) is 5.27. The van der Waals surface area contributed by atoms with Crippen LogP contribution in [-0.4, -0.2) is 26.2 Å². The Labute approximate surface area is 110 Å². The third kappa shape index (κ3) is 2.62. The van der Waals surface area contributed by atoms with Gasteiger partial charge in [0.2, 0.25) is 11.7 Å². The monoisotopic (exact) mass is 261 g/mol. The number of carboxylic acids is 1. The molecule has 2 atom stereocenters. The zero-order chi connectivity index (χ0) is 14.0. The van der Waals surface area contributed by atoms with Crippen molar-refractivity contribution in [3.8, 4) is 11.5 Å². The number of hydrogen-bond donors (Lipinski definition) is 1. The number of aromatic nitrogens is 3. The van der Waals surface area contributed by atoms with Crippen molar-refractivity contribution in [3.63, 3.8) is 0 Å². The van der Waals surface area contributed by atoms with Crippen molar-refractivity contribution in [1.29, 1.82) is 0 Å². The highest BCUT2D eigenvalue weighted by Gasteiger charge is 2.26. The molecule has 6 heteroatoms. The lowest BCUT2D eigenvalue weighted by atomic mass is 9.96. The number of carboxylic acid groups (broad SMARTS) is 1. The fraction of sp³-hybridized carbons (Fsp3) is 0.385. The van der Waals surface area contributed by atoms with Gasteiger partial charge in [-0.15, -0.1) is 0 Å². The summed E-state index contributed by atoms with van der Waals surface area (Å²) >= 11 is 0. The average Bonchev–Trinajstić information content (AvgIpc) is 2.86. The molecule has 6 nitrogen and oxygen atoms in total. The van der Waals surface area contributed by atoms with Gasteiger partial charge in [-0.05, 0) is 18.6 Å². The van der Waals surface area contributed by atoms with E-state index in [0.717, 1.165) is 5.56 Å². The molecule has 2 aromatic heterocycles. The van der Waals surface area contributed by atoms with Crippen LogP contribution in [0.4, 0.5) is 0 Å².